The number of aromatic amines is 1. The van der Waals surface area contributed by atoms with Crippen molar-refractivity contribution < 1.29 is 5.11 Å². The molecule has 17 heavy (non-hydrogen) atoms. The molecule has 0 aliphatic heterocycles. The summed E-state index contributed by atoms with van der Waals surface area (Å²) in [6.45, 7) is 3.68. The highest BCUT2D eigenvalue weighted by molar-refractivity contribution is 5.60. The number of H-pyrrole nitrogens is 1. The van der Waals surface area contributed by atoms with E-state index >= 15 is 0 Å². The molecular weight excluding hydrogens is 224 g/mol. The maximum absolute atomic E-state index is 11.6. The van der Waals surface area contributed by atoms with E-state index in [1.165, 1.54) is 7.05 Å². The van der Waals surface area contributed by atoms with Crippen LogP contribution in [-0.4, -0.2) is 27.3 Å². The van der Waals surface area contributed by atoms with E-state index in [1.54, 1.807) is 0 Å². The van der Waals surface area contributed by atoms with Crippen LogP contribution in [0.15, 0.2) is 9.59 Å². The highest BCUT2D eigenvalue weighted by atomic mass is 16.3. The molecular formula is C10H18N4O3. The molecule has 0 aliphatic carbocycles. The van der Waals surface area contributed by atoms with Gasteiger partial charge < -0.3 is 16.2 Å². The molecule has 0 spiro atoms. The summed E-state index contributed by atoms with van der Waals surface area (Å²) < 4.78 is 1.14. The zero-order valence-electron chi connectivity index (χ0n) is 10.2. The number of nitrogens with one attached hydrogen (secondary N) is 2. The third-order valence-corrected chi connectivity index (χ3v) is 2.70. The van der Waals surface area contributed by atoms with Crippen molar-refractivity contribution >= 4 is 11.5 Å². The normalized spacial score (nSPS) is 12.8. The lowest BCUT2D eigenvalue weighted by molar-refractivity contribution is 0.249. The second kappa shape index (κ2) is 5.05. The van der Waals surface area contributed by atoms with Crippen LogP contribution in [0.4, 0.5) is 11.5 Å². The van der Waals surface area contributed by atoms with Crippen molar-refractivity contribution in [3.8, 4) is 0 Å². The van der Waals surface area contributed by atoms with Gasteiger partial charge in [-0.25, -0.2) is 4.79 Å². The van der Waals surface area contributed by atoms with Gasteiger partial charge in [0.05, 0.1) is 12.6 Å². The van der Waals surface area contributed by atoms with E-state index in [1.807, 2.05) is 13.8 Å². The number of aromatic nitrogens is 2. The maximum atomic E-state index is 11.6. The van der Waals surface area contributed by atoms with E-state index in [-0.39, 0.29) is 30.1 Å². The molecule has 0 amide bonds. The second-order valence-electron chi connectivity index (χ2n) is 4.26. The van der Waals surface area contributed by atoms with Gasteiger partial charge >= 0.3 is 5.69 Å². The van der Waals surface area contributed by atoms with Crippen LogP contribution in [-0.2, 0) is 7.05 Å². The predicted octanol–water partition coefficient (Wildman–Crippen LogP) is -0.915. The predicted molar refractivity (Wildman–Crippen MR) is 66.1 cm³/mol. The molecule has 96 valence electrons. The SMILES string of the molecule is CC(C)C(CO)Nc1c(N)n(C)c(=O)[nH]c1=O. The molecule has 0 saturated carbocycles. The number of nitrogen functional groups attached to an aromatic ring is 1. The average Bonchev–Trinajstić information content (AvgIpc) is 2.26. The average molecular weight is 242 g/mol. The largest absolute Gasteiger partial charge is 0.394 e. The molecule has 0 bridgehead atoms. The van der Waals surface area contributed by atoms with E-state index in [0.717, 1.165) is 4.57 Å². The molecule has 0 radical (unpaired) electrons. The van der Waals surface area contributed by atoms with Gasteiger partial charge in [0.2, 0.25) is 0 Å². The van der Waals surface area contributed by atoms with Crippen molar-refractivity contribution in [2.75, 3.05) is 17.7 Å². The van der Waals surface area contributed by atoms with Crippen molar-refractivity contribution in [3.05, 3.63) is 20.8 Å². The number of hydrogen-bond donors (Lipinski definition) is 4. The molecule has 0 saturated heterocycles. The molecule has 7 nitrogen and oxygen atoms in total. The van der Waals surface area contributed by atoms with Crippen LogP contribution in [0, 0.1) is 5.92 Å². The van der Waals surface area contributed by atoms with Crippen molar-refractivity contribution in [1.29, 1.82) is 0 Å². The van der Waals surface area contributed by atoms with E-state index in [2.05, 4.69) is 10.3 Å². The number of rotatable bonds is 4. The van der Waals surface area contributed by atoms with Gasteiger partial charge in [0.25, 0.3) is 5.56 Å². The van der Waals surface area contributed by atoms with Gasteiger partial charge in [-0.2, -0.15) is 0 Å². The Bertz CT molecular complexity index is 503. The van der Waals surface area contributed by atoms with Crippen LogP contribution in [0.5, 0.6) is 0 Å². The van der Waals surface area contributed by atoms with Gasteiger partial charge in [-0.05, 0) is 5.92 Å². The number of hydrogen-bond acceptors (Lipinski definition) is 5. The molecule has 1 unspecified atom stereocenters. The lowest BCUT2D eigenvalue weighted by atomic mass is 10.1. The zero-order valence-corrected chi connectivity index (χ0v) is 10.2. The summed E-state index contributed by atoms with van der Waals surface area (Å²) in [5.74, 6) is 0.175. The summed E-state index contributed by atoms with van der Waals surface area (Å²) in [5, 5.41) is 12.0. The number of aliphatic hydroxyl groups is 1. The van der Waals surface area contributed by atoms with Crippen molar-refractivity contribution in [1.82, 2.24) is 9.55 Å². The Morgan fingerprint density at radius 3 is 2.53 bits per heavy atom. The lowest BCUT2D eigenvalue weighted by Gasteiger charge is -2.21. The fourth-order valence-corrected chi connectivity index (χ4v) is 1.38. The number of aliphatic hydroxyl groups excluding tert-OH is 1. The Morgan fingerprint density at radius 1 is 1.47 bits per heavy atom. The molecule has 0 aliphatic rings. The Kier molecular flexibility index (Phi) is 3.95. The third kappa shape index (κ3) is 2.68. The first-order valence-corrected chi connectivity index (χ1v) is 5.34. The number of nitrogens with two attached hydrogens (primary N) is 1. The second-order valence-corrected chi connectivity index (χ2v) is 4.26. The number of anilines is 2. The molecule has 1 aromatic heterocycles. The van der Waals surface area contributed by atoms with Gasteiger partial charge in [-0.15, -0.1) is 0 Å². The van der Waals surface area contributed by atoms with Crippen LogP contribution in [0.2, 0.25) is 0 Å². The lowest BCUT2D eigenvalue weighted by Crippen LogP contribution is -2.37. The van der Waals surface area contributed by atoms with Crippen molar-refractivity contribution in [3.63, 3.8) is 0 Å². The molecule has 7 heteroatoms. The Labute approximate surface area is 98.3 Å². The van der Waals surface area contributed by atoms with E-state index in [0.29, 0.717) is 0 Å². The molecule has 0 aromatic carbocycles. The molecule has 1 atom stereocenters. The first-order chi connectivity index (χ1) is 7.88. The highest BCUT2D eigenvalue weighted by Crippen LogP contribution is 2.13. The summed E-state index contributed by atoms with van der Waals surface area (Å²) in [7, 11) is 1.46. The molecule has 5 N–H and O–H groups in total. The van der Waals surface area contributed by atoms with Crippen LogP contribution < -0.4 is 22.3 Å². The van der Waals surface area contributed by atoms with Gasteiger partial charge in [0.15, 0.2) is 0 Å². The molecule has 0 fully saturated rings. The summed E-state index contributed by atoms with van der Waals surface area (Å²) in [5.41, 5.74) is 4.65. The van der Waals surface area contributed by atoms with Crippen molar-refractivity contribution in [2.24, 2.45) is 13.0 Å². The minimum absolute atomic E-state index is 0.0536. The quantitative estimate of drug-likeness (QED) is 0.545. The van der Waals surface area contributed by atoms with Crippen LogP contribution in [0.3, 0.4) is 0 Å². The smallest absolute Gasteiger partial charge is 0.329 e. The zero-order chi connectivity index (χ0) is 13.2. The minimum atomic E-state index is -0.579. The van der Waals surface area contributed by atoms with Crippen molar-refractivity contribution in [2.45, 2.75) is 19.9 Å². The first-order valence-electron chi connectivity index (χ1n) is 5.34. The Balaban J connectivity index is 3.20. The van der Waals surface area contributed by atoms with Crippen LogP contribution in [0.1, 0.15) is 13.8 Å². The van der Waals surface area contributed by atoms with Gasteiger partial charge in [-0.3, -0.25) is 14.3 Å². The van der Waals surface area contributed by atoms with Gasteiger partial charge in [0.1, 0.15) is 11.5 Å². The highest BCUT2D eigenvalue weighted by Gasteiger charge is 2.17. The molecule has 1 rings (SSSR count). The van der Waals surface area contributed by atoms with Crippen LogP contribution in [0.25, 0.3) is 0 Å². The van der Waals surface area contributed by atoms with E-state index in [4.69, 9.17) is 5.73 Å². The van der Waals surface area contributed by atoms with E-state index in [9.17, 15) is 14.7 Å². The monoisotopic (exact) mass is 242 g/mol. The summed E-state index contributed by atoms with van der Waals surface area (Å²) >= 11 is 0. The summed E-state index contributed by atoms with van der Waals surface area (Å²) in [6.07, 6.45) is 0. The fraction of sp³-hybridized carbons (Fsp3) is 0.600. The third-order valence-electron chi connectivity index (χ3n) is 2.70. The summed E-state index contributed by atoms with van der Waals surface area (Å²) in [4.78, 5) is 25.0. The maximum Gasteiger partial charge on any atom is 0.329 e. The topological polar surface area (TPSA) is 113 Å². The first kappa shape index (κ1) is 13.3. The van der Waals surface area contributed by atoms with Gasteiger partial charge in [-0.1, -0.05) is 13.8 Å². The Hall–Kier alpha value is -1.76. The molecule has 1 aromatic rings. The van der Waals surface area contributed by atoms with Gasteiger partial charge in [0, 0.05) is 7.05 Å². The minimum Gasteiger partial charge on any atom is -0.394 e. The number of nitrogens with zero attached hydrogens (tertiary/aromatic N) is 1. The van der Waals surface area contributed by atoms with Crippen LogP contribution >= 0.6 is 0 Å². The van der Waals surface area contributed by atoms with E-state index < -0.39 is 11.2 Å². The molecule has 1 heterocycles. The standard InChI is InChI=1S/C10H18N4O3/c1-5(2)6(4-15)12-7-8(11)14(3)10(17)13-9(7)16/h5-6,12,15H,4,11H2,1-3H3,(H,13,16,17). The summed E-state index contributed by atoms with van der Waals surface area (Å²) in [6, 6.07) is -0.295. The fourth-order valence-electron chi connectivity index (χ4n) is 1.38. The Morgan fingerprint density at radius 2 is 2.06 bits per heavy atom.